The Balaban J connectivity index is 2.61. The normalized spacial score (nSPS) is 10.7. The molecular formula is C11H13N3O. The van der Waals surface area contributed by atoms with Crippen LogP contribution in [-0.4, -0.2) is 10.5 Å². The smallest absolute Gasteiger partial charge is 0.237 e. The Hall–Kier alpha value is -1.81. The molecule has 0 atom stereocenters. The fraction of sp³-hybridized carbons (Fsp3) is 0.182. The summed E-state index contributed by atoms with van der Waals surface area (Å²) in [6.07, 6.45) is 0. The predicted octanol–water partition coefficient (Wildman–Crippen LogP) is 0.585. The molecular weight excluding hydrogens is 190 g/mol. The molecule has 4 heteroatoms. The van der Waals surface area contributed by atoms with Crippen molar-refractivity contribution in [1.82, 2.24) is 4.57 Å². The molecule has 1 aromatic heterocycles. The number of fused-ring (bicyclic) bond motifs is 1. The van der Waals surface area contributed by atoms with Crippen molar-refractivity contribution in [3.8, 4) is 0 Å². The molecule has 0 spiro atoms. The predicted molar refractivity (Wildman–Crippen MR) is 59.0 cm³/mol. The summed E-state index contributed by atoms with van der Waals surface area (Å²) in [5.41, 5.74) is 12.7. The van der Waals surface area contributed by atoms with Gasteiger partial charge in [0.2, 0.25) is 5.91 Å². The summed E-state index contributed by atoms with van der Waals surface area (Å²) in [6, 6.07) is 9.82. The Labute approximate surface area is 87.5 Å². The van der Waals surface area contributed by atoms with Crippen LogP contribution in [0.3, 0.4) is 0 Å². The van der Waals surface area contributed by atoms with Crippen LogP contribution >= 0.6 is 0 Å². The van der Waals surface area contributed by atoms with Crippen LogP contribution in [0.25, 0.3) is 10.9 Å². The van der Waals surface area contributed by atoms with Crippen molar-refractivity contribution in [2.75, 3.05) is 0 Å². The summed E-state index contributed by atoms with van der Waals surface area (Å²) in [6.45, 7) is 0.585. The lowest BCUT2D eigenvalue weighted by molar-refractivity contribution is -0.118. The summed E-state index contributed by atoms with van der Waals surface area (Å²) in [7, 11) is 0. The van der Waals surface area contributed by atoms with Crippen LogP contribution in [0.4, 0.5) is 0 Å². The van der Waals surface area contributed by atoms with Crippen LogP contribution in [0.2, 0.25) is 0 Å². The maximum absolute atomic E-state index is 10.9. The molecule has 0 saturated heterocycles. The maximum Gasteiger partial charge on any atom is 0.237 e. The van der Waals surface area contributed by atoms with Crippen molar-refractivity contribution in [2.45, 2.75) is 13.1 Å². The Morgan fingerprint density at radius 1 is 1.33 bits per heavy atom. The summed E-state index contributed by atoms with van der Waals surface area (Å²) in [5, 5.41) is 1.08. The van der Waals surface area contributed by atoms with E-state index in [1.54, 1.807) is 0 Å². The SMILES string of the molecule is NCc1cc2ccccc2n1CC(N)=O. The summed E-state index contributed by atoms with van der Waals surface area (Å²) < 4.78 is 1.86. The highest BCUT2D eigenvalue weighted by atomic mass is 16.1. The van der Waals surface area contributed by atoms with Gasteiger partial charge in [0.1, 0.15) is 6.54 Å². The molecule has 0 aliphatic rings. The molecule has 0 unspecified atom stereocenters. The molecule has 78 valence electrons. The van der Waals surface area contributed by atoms with Gasteiger partial charge in [-0.1, -0.05) is 18.2 Å². The van der Waals surface area contributed by atoms with Crippen molar-refractivity contribution < 1.29 is 4.79 Å². The zero-order valence-corrected chi connectivity index (χ0v) is 8.31. The Morgan fingerprint density at radius 2 is 2.07 bits per heavy atom. The number of rotatable bonds is 3. The van der Waals surface area contributed by atoms with Crippen molar-refractivity contribution in [2.24, 2.45) is 11.5 Å². The van der Waals surface area contributed by atoms with Crippen LogP contribution < -0.4 is 11.5 Å². The largest absolute Gasteiger partial charge is 0.368 e. The lowest BCUT2D eigenvalue weighted by Gasteiger charge is -2.06. The van der Waals surface area contributed by atoms with Gasteiger partial charge in [0.25, 0.3) is 0 Å². The molecule has 4 N–H and O–H groups in total. The first kappa shape index (κ1) is 9.73. The highest BCUT2D eigenvalue weighted by Crippen LogP contribution is 2.19. The third kappa shape index (κ3) is 1.71. The van der Waals surface area contributed by atoms with Crippen molar-refractivity contribution in [1.29, 1.82) is 0 Å². The second-order valence-electron chi connectivity index (χ2n) is 3.45. The fourth-order valence-corrected chi connectivity index (χ4v) is 1.78. The summed E-state index contributed by atoms with van der Waals surface area (Å²) in [4.78, 5) is 10.9. The first-order chi connectivity index (χ1) is 7.22. The van der Waals surface area contributed by atoms with Gasteiger partial charge in [-0.25, -0.2) is 0 Å². The van der Waals surface area contributed by atoms with Gasteiger partial charge in [0.05, 0.1) is 0 Å². The number of hydrogen-bond acceptors (Lipinski definition) is 2. The van der Waals surface area contributed by atoms with E-state index in [0.717, 1.165) is 16.6 Å². The molecule has 2 rings (SSSR count). The van der Waals surface area contributed by atoms with Gasteiger partial charge >= 0.3 is 0 Å². The third-order valence-corrected chi connectivity index (χ3v) is 2.42. The minimum atomic E-state index is -0.356. The average Bonchev–Trinajstić information content (AvgIpc) is 2.56. The molecule has 0 aliphatic heterocycles. The lowest BCUT2D eigenvalue weighted by atomic mass is 10.2. The fourth-order valence-electron chi connectivity index (χ4n) is 1.78. The molecule has 1 amide bonds. The number of para-hydroxylation sites is 1. The molecule has 0 fully saturated rings. The topological polar surface area (TPSA) is 74.0 Å². The van der Waals surface area contributed by atoms with Crippen LogP contribution in [0.1, 0.15) is 5.69 Å². The van der Waals surface area contributed by atoms with Crippen LogP contribution in [0.15, 0.2) is 30.3 Å². The molecule has 0 bridgehead atoms. The lowest BCUT2D eigenvalue weighted by Crippen LogP contribution is -2.20. The minimum Gasteiger partial charge on any atom is -0.368 e. The molecule has 15 heavy (non-hydrogen) atoms. The van der Waals surface area contributed by atoms with Gasteiger partial charge < -0.3 is 16.0 Å². The number of carbonyl (C=O) groups excluding carboxylic acids is 1. The van der Waals surface area contributed by atoms with Crippen molar-refractivity contribution in [3.05, 3.63) is 36.0 Å². The number of nitrogens with zero attached hydrogens (tertiary/aromatic N) is 1. The molecule has 1 heterocycles. The van der Waals surface area contributed by atoms with E-state index in [2.05, 4.69) is 0 Å². The second-order valence-corrected chi connectivity index (χ2v) is 3.45. The quantitative estimate of drug-likeness (QED) is 0.766. The van der Waals surface area contributed by atoms with E-state index < -0.39 is 0 Å². The number of nitrogens with two attached hydrogens (primary N) is 2. The molecule has 0 saturated carbocycles. The number of amides is 1. The third-order valence-electron chi connectivity index (χ3n) is 2.42. The van der Waals surface area contributed by atoms with E-state index in [9.17, 15) is 4.79 Å². The monoisotopic (exact) mass is 203 g/mol. The van der Waals surface area contributed by atoms with Crippen molar-refractivity contribution >= 4 is 16.8 Å². The first-order valence-electron chi connectivity index (χ1n) is 4.78. The zero-order valence-electron chi connectivity index (χ0n) is 8.31. The number of hydrogen-bond donors (Lipinski definition) is 2. The highest BCUT2D eigenvalue weighted by Gasteiger charge is 2.08. The number of benzene rings is 1. The molecule has 4 nitrogen and oxygen atoms in total. The van der Waals surface area contributed by atoms with E-state index in [0.29, 0.717) is 6.54 Å². The van der Waals surface area contributed by atoms with Crippen LogP contribution in [0.5, 0.6) is 0 Å². The van der Waals surface area contributed by atoms with E-state index >= 15 is 0 Å². The summed E-state index contributed by atoms with van der Waals surface area (Å²) >= 11 is 0. The van der Waals surface area contributed by atoms with Gasteiger partial charge in [0, 0.05) is 17.8 Å². The molecule has 1 aromatic carbocycles. The van der Waals surface area contributed by atoms with E-state index in [-0.39, 0.29) is 12.5 Å². The van der Waals surface area contributed by atoms with Crippen LogP contribution in [0, 0.1) is 0 Å². The van der Waals surface area contributed by atoms with E-state index in [1.165, 1.54) is 0 Å². The Kier molecular flexibility index (Phi) is 2.43. The van der Waals surface area contributed by atoms with Gasteiger partial charge in [-0.2, -0.15) is 0 Å². The first-order valence-corrected chi connectivity index (χ1v) is 4.78. The Morgan fingerprint density at radius 3 is 2.73 bits per heavy atom. The van der Waals surface area contributed by atoms with Gasteiger partial charge in [-0.15, -0.1) is 0 Å². The molecule has 0 aliphatic carbocycles. The van der Waals surface area contributed by atoms with E-state index in [1.807, 2.05) is 34.9 Å². The number of aromatic nitrogens is 1. The highest BCUT2D eigenvalue weighted by molar-refractivity contribution is 5.83. The maximum atomic E-state index is 10.9. The van der Waals surface area contributed by atoms with Crippen LogP contribution in [-0.2, 0) is 17.9 Å². The second kappa shape index (κ2) is 3.74. The van der Waals surface area contributed by atoms with Gasteiger partial charge in [0.15, 0.2) is 0 Å². The summed E-state index contributed by atoms with van der Waals surface area (Å²) in [5.74, 6) is -0.356. The Bertz CT molecular complexity index is 502. The average molecular weight is 203 g/mol. The molecule has 2 aromatic rings. The van der Waals surface area contributed by atoms with Gasteiger partial charge in [-0.05, 0) is 17.5 Å². The number of carbonyl (C=O) groups is 1. The molecule has 0 radical (unpaired) electrons. The number of primary amides is 1. The van der Waals surface area contributed by atoms with Gasteiger partial charge in [-0.3, -0.25) is 4.79 Å². The van der Waals surface area contributed by atoms with E-state index in [4.69, 9.17) is 11.5 Å². The van der Waals surface area contributed by atoms with Crippen molar-refractivity contribution in [3.63, 3.8) is 0 Å². The minimum absolute atomic E-state index is 0.181. The zero-order chi connectivity index (χ0) is 10.8. The standard InChI is InChI=1S/C11H13N3O/c12-6-9-5-8-3-1-2-4-10(8)14(9)7-11(13)15/h1-5H,6-7,12H2,(H2,13,15).